The van der Waals surface area contributed by atoms with E-state index in [1.807, 2.05) is 23.0 Å². The number of pyridine rings is 1. The van der Waals surface area contributed by atoms with Gasteiger partial charge in [0.05, 0.1) is 0 Å². The van der Waals surface area contributed by atoms with Crippen LogP contribution in [0.1, 0.15) is 79.0 Å². The quantitative estimate of drug-likeness (QED) is 0.123. The van der Waals surface area contributed by atoms with Crippen LogP contribution >= 0.6 is 11.8 Å². The van der Waals surface area contributed by atoms with Crippen LogP contribution in [0, 0.1) is 18.5 Å². The normalized spacial score (nSPS) is 12.3. The summed E-state index contributed by atoms with van der Waals surface area (Å²) >= 11 is 1.64. The van der Waals surface area contributed by atoms with Crippen molar-refractivity contribution in [2.45, 2.75) is 88.3 Å². The molecule has 0 N–H and O–H groups in total. The molecule has 0 bridgehead atoms. The van der Waals surface area contributed by atoms with Gasteiger partial charge in [0.2, 0.25) is 12.2 Å². The Balaban J connectivity index is 0.00000480. The van der Waals surface area contributed by atoms with Crippen molar-refractivity contribution in [1.29, 1.82) is 0 Å². The van der Waals surface area contributed by atoms with Gasteiger partial charge in [-0.2, -0.15) is 41.1 Å². The average Bonchev–Trinajstić information content (AvgIpc) is 3.74. The molecule has 286 valence electrons. The van der Waals surface area contributed by atoms with E-state index in [0.717, 1.165) is 54.8 Å². The van der Waals surface area contributed by atoms with Crippen molar-refractivity contribution in [3.8, 4) is 28.6 Å². The van der Waals surface area contributed by atoms with Gasteiger partial charge in [0.15, 0.2) is 0 Å². The zero-order valence-electron chi connectivity index (χ0n) is 33.5. The summed E-state index contributed by atoms with van der Waals surface area (Å²) in [6.07, 6.45) is 5.52. The monoisotopic (exact) mass is 932 g/mol. The average molecular weight is 933 g/mol. The molecule has 8 aromatic rings. The molecule has 8 rings (SSSR count). The molecule has 0 unspecified atom stereocenters. The predicted octanol–water partition coefficient (Wildman–Crippen LogP) is 11.7. The Bertz CT molecular complexity index is 2650. The van der Waals surface area contributed by atoms with Crippen LogP contribution in [0.5, 0.6) is 0 Å². The third-order valence-corrected chi connectivity index (χ3v) is 11.1. The van der Waals surface area contributed by atoms with Gasteiger partial charge in [0.1, 0.15) is 5.82 Å². The molecule has 5 nitrogen and oxygen atoms in total. The number of benzene rings is 5. The summed E-state index contributed by atoms with van der Waals surface area (Å²) in [6.45, 7) is 20.3. The maximum absolute atomic E-state index is 5.16. The van der Waals surface area contributed by atoms with Gasteiger partial charge >= 0.3 is 0 Å². The van der Waals surface area contributed by atoms with Crippen LogP contribution < -0.4 is 4.57 Å². The largest absolute Gasteiger partial charge is 0.319 e. The van der Waals surface area contributed by atoms with Gasteiger partial charge in [-0.05, 0) is 67.3 Å². The van der Waals surface area contributed by atoms with Crippen LogP contribution in [0.15, 0.2) is 131 Å². The van der Waals surface area contributed by atoms with Gasteiger partial charge < -0.3 is 9.13 Å². The second-order valence-corrected chi connectivity index (χ2v) is 18.5. The maximum atomic E-state index is 5.16. The molecule has 0 aliphatic heterocycles. The van der Waals surface area contributed by atoms with Crippen LogP contribution in [0.25, 0.3) is 50.4 Å². The molecule has 0 aliphatic rings. The van der Waals surface area contributed by atoms with Gasteiger partial charge in [0, 0.05) is 44.0 Å². The molecule has 0 spiro atoms. The first-order valence-electron chi connectivity index (χ1n) is 18.9. The summed E-state index contributed by atoms with van der Waals surface area (Å²) in [5.74, 6) is 1.71. The molecule has 0 fully saturated rings. The number of hydrogen-bond acceptors (Lipinski definition) is 3. The molecular weight excluding hydrogens is 886 g/mol. The van der Waals surface area contributed by atoms with E-state index in [9.17, 15) is 0 Å². The Morgan fingerprint density at radius 2 is 1.27 bits per heavy atom. The fraction of sp³-hybridized carbons (Fsp3) is 0.245. The zero-order valence-corrected chi connectivity index (χ0v) is 36.6. The predicted molar refractivity (Wildman–Crippen MR) is 226 cm³/mol. The van der Waals surface area contributed by atoms with Crippen LogP contribution in [-0.2, 0) is 37.3 Å². The molecule has 7 heteroatoms. The fourth-order valence-electron chi connectivity index (χ4n) is 6.89. The summed E-state index contributed by atoms with van der Waals surface area (Å²) in [4.78, 5) is 6.81. The standard InChI is InChI=1S/C49H47N5S.Pt/c1-47(2,3)34-24-25-50-45(29-34)54-43-21-14-13-20-41(43)42-23-22-40(31-44(42)54)55-39-19-15-18-37(30-39)53-32-52(46(51-53)33-16-11-10-12-17-33)38-27-35(48(4,5)6)26-36(28-38)49(7,8)9;/h10-29H,1-9H3;/q-2;. The second kappa shape index (κ2) is 15.0. The number of aromatic nitrogens is 5. The Labute approximate surface area is 350 Å². The molecular formula is C49H47N5PtS-2. The van der Waals surface area contributed by atoms with E-state index in [4.69, 9.17) is 10.1 Å². The number of hydrogen-bond donors (Lipinski definition) is 0. The smallest absolute Gasteiger partial charge is 0.231 e. The molecule has 3 aromatic heterocycles. The minimum atomic E-state index is -0.0276. The van der Waals surface area contributed by atoms with Gasteiger partial charge in [0.25, 0.3) is 0 Å². The van der Waals surface area contributed by atoms with E-state index in [2.05, 4.69) is 193 Å². The molecule has 0 saturated carbocycles. The molecule has 3 heterocycles. The van der Waals surface area contributed by atoms with E-state index in [1.54, 1.807) is 11.8 Å². The summed E-state index contributed by atoms with van der Waals surface area (Å²) in [7, 11) is 0. The number of para-hydroxylation sites is 1. The van der Waals surface area contributed by atoms with Gasteiger partial charge in [-0.1, -0.05) is 135 Å². The van der Waals surface area contributed by atoms with Crippen LogP contribution in [0.4, 0.5) is 0 Å². The third kappa shape index (κ3) is 7.79. The molecule has 0 amide bonds. The van der Waals surface area contributed by atoms with Crippen molar-refractivity contribution in [3.05, 3.63) is 157 Å². The van der Waals surface area contributed by atoms with Gasteiger partial charge in [-0.25, -0.2) is 4.98 Å². The SMILES string of the molecule is CC(C)(C)c1cc(-[n+]2[c-]n(-c3[c-]c(Sc4[c-]c5c(cc4)c4ccccc4n5-c4cc(C(C)(C)C)ccn4)ccc3)nc2-c2ccccc2)cc(C(C)(C)C)c1.[Pt]. The number of rotatable bonds is 6. The van der Waals surface area contributed by atoms with Crippen molar-refractivity contribution < 1.29 is 25.6 Å². The first-order chi connectivity index (χ1) is 26.1. The number of fused-ring (bicyclic) bond motifs is 3. The summed E-state index contributed by atoms with van der Waals surface area (Å²) < 4.78 is 6.16. The van der Waals surface area contributed by atoms with Crippen molar-refractivity contribution >= 4 is 33.6 Å². The van der Waals surface area contributed by atoms with E-state index in [1.165, 1.54) is 22.1 Å². The topological polar surface area (TPSA) is 39.5 Å². The Morgan fingerprint density at radius 1 is 0.607 bits per heavy atom. The second-order valence-electron chi connectivity index (χ2n) is 17.4. The van der Waals surface area contributed by atoms with E-state index < -0.39 is 0 Å². The molecule has 0 radical (unpaired) electrons. The minimum Gasteiger partial charge on any atom is -0.319 e. The molecule has 0 saturated heterocycles. The summed E-state index contributed by atoms with van der Waals surface area (Å²) in [6, 6.07) is 48.1. The molecule has 0 aliphatic carbocycles. The molecule has 0 atom stereocenters. The van der Waals surface area contributed by atoms with Crippen LogP contribution in [0.3, 0.4) is 0 Å². The summed E-state index contributed by atoms with van der Waals surface area (Å²) in [5.41, 5.74) is 8.71. The van der Waals surface area contributed by atoms with Gasteiger partial charge in [-0.15, -0.1) is 33.0 Å². The molecule has 5 aromatic carbocycles. The van der Waals surface area contributed by atoms with Crippen molar-refractivity contribution in [3.63, 3.8) is 0 Å². The first kappa shape index (κ1) is 39.5. The van der Waals surface area contributed by atoms with Crippen molar-refractivity contribution in [1.82, 2.24) is 19.3 Å². The Kier molecular flexibility index (Phi) is 10.5. The first-order valence-corrected chi connectivity index (χ1v) is 19.7. The number of nitrogens with zero attached hydrogens (tertiary/aromatic N) is 5. The van der Waals surface area contributed by atoms with Gasteiger partial charge in [-0.3, -0.25) is 0 Å². The Hall–Kier alpha value is -4.77. The van der Waals surface area contributed by atoms with Crippen LogP contribution in [0.2, 0.25) is 0 Å². The third-order valence-electron chi connectivity index (χ3n) is 10.1. The minimum absolute atomic E-state index is 0. The van der Waals surface area contributed by atoms with Crippen LogP contribution in [-0.4, -0.2) is 19.3 Å². The van der Waals surface area contributed by atoms with Crippen molar-refractivity contribution in [2.24, 2.45) is 0 Å². The Morgan fingerprint density at radius 3 is 1.96 bits per heavy atom. The summed E-state index contributed by atoms with van der Waals surface area (Å²) in [5, 5.41) is 7.49. The van der Waals surface area contributed by atoms with E-state index in [-0.39, 0.29) is 37.3 Å². The maximum Gasteiger partial charge on any atom is 0.231 e. The van der Waals surface area contributed by atoms with Crippen molar-refractivity contribution in [2.75, 3.05) is 0 Å². The zero-order chi connectivity index (χ0) is 38.7. The van der Waals surface area contributed by atoms with E-state index >= 15 is 0 Å². The van der Waals surface area contributed by atoms with E-state index in [0.29, 0.717) is 0 Å². The fourth-order valence-corrected chi connectivity index (χ4v) is 7.71. The molecule has 56 heavy (non-hydrogen) atoms.